The maximum absolute atomic E-state index is 13.5. The van der Waals surface area contributed by atoms with Gasteiger partial charge >= 0.3 is 5.97 Å². The van der Waals surface area contributed by atoms with Crippen molar-refractivity contribution in [1.29, 1.82) is 0 Å². The second kappa shape index (κ2) is 5.69. The molecule has 1 aromatic carbocycles. The van der Waals surface area contributed by atoms with Crippen LogP contribution in [0.2, 0.25) is 0 Å². The minimum atomic E-state index is -1.19. The smallest absolute Gasteiger partial charge is 0.340 e. The fraction of sp³-hybridized carbons (Fsp3) is 0.533. The van der Waals surface area contributed by atoms with Crippen molar-refractivity contribution in [3.8, 4) is 0 Å². The second-order valence-electron chi connectivity index (χ2n) is 5.68. The van der Waals surface area contributed by atoms with Crippen LogP contribution in [-0.2, 0) is 0 Å². The molecule has 0 aliphatic heterocycles. The predicted octanol–water partition coefficient (Wildman–Crippen LogP) is 3.12. The summed E-state index contributed by atoms with van der Waals surface area (Å²) >= 11 is 0. The van der Waals surface area contributed by atoms with E-state index < -0.39 is 11.8 Å². The van der Waals surface area contributed by atoms with E-state index in [1.807, 2.05) is 11.9 Å². The first-order valence-electron chi connectivity index (χ1n) is 6.96. The molecule has 2 rings (SSSR count). The Labute approximate surface area is 118 Å². The van der Waals surface area contributed by atoms with E-state index in [0.717, 1.165) is 31.6 Å². The van der Waals surface area contributed by atoms with Crippen LogP contribution in [0.1, 0.15) is 43.0 Å². The summed E-state index contributed by atoms with van der Waals surface area (Å²) in [6.45, 7) is 2.23. The van der Waals surface area contributed by atoms with Gasteiger partial charge in [0.15, 0.2) is 0 Å². The molecule has 1 aliphatic carbocycles. The van der Waals surface area contributed by atoms with Crippen molar-refractivity contribution in [2.24, 2.45) is 5.92 Å². The predicted molar refractivity (Wildman–Crippen MR) is 77.6 cm³/mol. The molecule has 0 bridgehead atoms. The number of hydrogen-bond acceptors (Lipinski definition) is 3. The lowest BCUT2D eigenvalue weighted by Gasteiger charge is -2.35. The van der Waals surface area contributed by atoms with Crippen molar-refractivity contribution in [2.75, 3.05) is 17.7 Å². The zero-order valence-electron chi connectivity index (χ0n) is 11.9. The molecule has 0 unspecified atom stereocenters. The molecule has 3 N–H and O–H groups in total. The van der Waals surface area contributed by atoms with E-state index in [9.17, 15) is 14.3 Å². The molecule has 1 fully saturated rings. The molecule has 4 nitrogen and oxygen atoms in total. The average molecular weight is 280 g/mol. The second-order valence-corrected chi connectivity index (χ2v) is 5.68. The molecule has 20 heavy (non-hydrogen) atoms. The average Bonchev–Trinajstić information content (AvgIpc) is 2.41. The lowest BCUT2D eigenvalue weighted by atomic mass is 9.86. The molecular weight excluding hydrogens is 259 g/mol. The molecular formula is C15H21FN2O2. The quantitative estimate of drug-likeness (QED) is 0.835. The number of carboxylic acid groups (broad SMARTS) is 1. The molecule has 5 heteroatoms. The van der Waals surface area contributed by atoms with Crippen LogP contribution < -0.4 is 10.6 Å². The molecule has 0 heterocycles. The molecule has 1 aromatic rings. The summed E-state index contributed by atoms with van der Waals surface area (Å²) in [4.78, 5) is 13.3. The van der Waals surface area contributed by atoms with E-state index in [-0.39, 0.29) is 17.3 Å². The van der Waals surface area contributed by atoms with Crippen LogP contribution in [0.15, 0.2) is 12.1 Å². The maximum Gasteiger partial charge on any atom is 0.340 e. The lowest BCUT2D eigenvalue weighted by Crippen LogP contribution is -2.36. The topological polar surface area (TPSA) is 66.6 Å². The largest absolute Gasteiger partial charge is 0.478 e. The van der Waals surface area contributed by atoms with Crippen molar-refractivity contribution in [3.05, 3.63) is 23.5 Å². The lowest BCUT2D eigenvalue weighted by molar-refractivity contribution is 0.0698. The fourth-order valence-corrected chi connectivity index (χ4v) is 2.93. The summed E-state index contributed by atoms with van der Waals surface area (Å²) in [5, 5.41) is 9.29. The maximum atomic E-state index is 13.5. The number of rotatable bonds is 3. The van der Waals surface area contributed by atoms with Crippen molar-refractivity contribution >= 4 is 17.3 Å². The first kappa shape index (κ1) is 14.6. The number of anilines is 2. The molecule has 1 aliphatic rings. The summed E-state index contributed by atoms with van der Waals surface area (Å²) in [7, 11) is 1.86. The first-order valence-corrected chi connectivity index (χ1v) is 6.96. The van der Waals surface area contributed by atoms with E-state index >= 15 is 0 Å². The number of halogens is 1. The summed E-state index contributed by atoms with van der Waals surface area (Å²) in [5.41, 5.74) is 5.67. The van der Waals surface area contributed by atoms with Gasteiger partial charge < -0.3 is 15.7 Å². The van der Waals surface area contributed by atoms with Gasteiger partial charge in [0.2, 0.25) is 0 Å². The van der Waals surface area contributed by atoms with Gasteiger partial charge in [0.05, 0.1) is 11.4 Å². The van der Waals surface area contributed by atoms with Crippen molar-refractivity contribution < 1.29 is 14.3 Å². The third-order valence-corrected chi connectivity index (χ3v) is 4.30. The highest BCUT2D eigenvalue weighted by Gasteiger charge is 2.26. The number of nitrogen functional groups attached to an aromatic ring is 1. The van der Waals surface area contributed by atoms with Gasteiger partial charge in [-0.2, -0.15) is 0 Å². The van der Waals surface area contributed by atoms with E-state index in [1.54, 1.807) is 0 Å². The normalized spacial score (nSPS) is 22.6. The fourth-order valence-electron chi connectivity index (χ4n) is 2.93. The van der Waals surface area contributed by atoms with Crippen LogP contribution >= 0.6 is 0 Å². The van der Waals surface area contributed by atoms with Crippen molar-refractivity contribution in [3.63, 3.8) is 0 Å². The molecule has 0 saturated heterocycles. The van der Waals surface area contributed by atoms with Crippen LogP contribution in [-0.4, -0.2) is 24.2 Å². The van der Waals surface area contributed by atoms with Crippen molar-refractivity contribution in [2.45, 2.75) is 38.6 Å². The summed E-state index contributed by atoms with van der Waals surface area (Å²) in [5.74, 6) is -1.15. The number of nitrogens with two attached hydrogens (primary N) is 1. The highest BCUT2D eigenvalue weighted by molar-refractivity contribution is 6.00. The minimum absolute atomic E-state index is 0.133. The van der Waals surface area contributed by atoms with Crippen LogP contribution in [0.25, 0.3) is 0 Å². The van der Waals surface area contributed by atoms with Gasteiger partial charge in [-0.25, -0.2) is 9.18 Å². The number of carboxylic acids is 1. The minimum Gasteiger partial charge on any atom is -0.478 e. The van der Waals surface area contributed by atoms with E-state index in [4.69, 9.17) is 5.73 Å². The van der Waals surface area contributed by atoms with Gasteiger partial charge in [-0.1, -0.05) is 6.92 Å². The highest BCUT2D eigenvalue weighted by atomic mass is 19.1. The number of nitrogens with zero attached hydrogens (tertiary/aromatic N) is 1. The Kier molecular flexibility index (Phi) is 4.16. The number of carbonyl (C=O) groups is 1. The number of benzene rings is 1. The molecule has 0 radical (unpaired) electrons. The van der Waals surface area contributed by atoms with E-state index in [2.05, 4.69) is 6.92 Å². The Balaban J connectivity index is 2.32. The Morgan fingerprint density at radius 3 is 2.50 bits per heavy atom. The first-order chi connectivity index (χ1) is 9.41. The zero-order valence-corrected chi connectivity index (χ0v) is 11.9. The zero-order chi connectivity index (χ0) is 14.9. The molecule has 110 valence electrons. The summed E-state index contributed by atoms with van der Waals surface area (Å²) in [6.07, 6.45) is 4.31. The Bertz CT molecular complexity index is 511. The van der Waals surface area contributed by atoms with Crippen LogP contribution in [0.3, 0.4) is 0 Å². The Morgan fingerprint density at radius 2 is 1.95 bits per heavy atom. The highest BCUT2D eigenvalue weighted by Crippen LogP contribution is 2.33. The van der Waals surface area contributed by atoms with Crippen LogP contribution in [0, 0.1) is 11.7 Å². The molecule has 0 atom stereocenters. The molecule has 0 amide bonds. The molecule has 0 aromatic heterocycles. The number of aromatic carboxylic acids is 1. The standard InChI is InChI=1S/C15H21FN2O2/c1-9-3-5-10(6-4-9)18(2)12-8-7-11(16)14(17)13(12)15(19)20/h7-10H,3-6,17H2,1-2H3,(H,19,20). The summed E-state index contributed by atoms with van der Waals surface area (Å²) in [6, 6.07) is 3.03. The van der Waals surface area contributed by atoms with Gasteiger partial charge in [0.1, 0.15) is 11.4 Å². The van der Waals surface area contributed by atoms with Gasteiger partial charge in [-0.3, -0.25) is 0 Å². The van der Waals surface area contributed by atoms with E-state index in [1.165, 1.54) is 12.1 Å². The number of hydrogen-bond donors (Lipinski definition) is 2. The SMILES string of the molecule is CC1CCC(N(C)c2ccc(F)c(N)c2C(=O)O)CC1. The van der Waals surface area contributed by atoms with Gasteiger partial charge in [0.25, 0.3) is 0 Å². The molecule has 1 saturated carbocycles. The molecule has 0 spiro atoms. The third-order valence-electron chi connectivity index (χ3n) is 4.30. The van der Waals surface area contributed by atoms with Crippen molar-refractivity contribution in [1.82, 2.24) is 0 Å². The van der Waals surface area contributed by atoms with Crippen LogP contribution in [0.5, 0.6) is 0 Å². The van der Waals surface area contributed by atoms with Gasteiger partial charge in [0, 0.05) is 13.1 Å². The van der Waals surface area contributed by atoms with Gasteiger partial charge in [-0.15, -0.1) is 0 Å². The van der Waals surface area contributed by atoms with Crippen LogP contribution in [0.4, 0.5) is 15.8 Å². The Hall–Kier alpha value is -1.78. The summed E-state index contributed by atoms with van der Waals surface area (Å²) < 4.78 is 13.5. The van der Waals surface area contributed by atoms with Gasteiger partial charge in [-0.05, 0) is 43.7 Å². The van der Waals surface area contributed by atoms with E-state index in [0.29, 0.717) is 5.69 Å². The monoisotopic (exact) mass is 280 g/mol. The third kappa shape index (κ3) is 2.71. The Morgan fingerprint density at radius 1 is 1.35 bits per heavy atom.